The fraction of sp³-hybridized carbons (Fsp3) is 0.769. The highest BCUT2D eigenvalue weighted by Crippen LogP contribution is 2.31. The molecule has 0 aromatic heterocycles. The van der Waals surface area contributed by atoms with Crippen LogP contribution in [0, 0.1) is 11.8 Å². The van der Waals surface area contributed by atoms with Crippen LogP contribution in [0.25, 0.3) is 0 Å². The molecule has 1 N–H and O–H groups in total. The number of carbonyl (C=O) groups is 1. The van der Waals surface area contributed by atoms with Crippen molar-refractivity contribution in [1.29, 1.82) is 0 Å². The molecule has 16 heavy (non-hydrogen) atoms. The third-order valence-electron chi connectivity index (χ3n) is 3.37. The third kappa shape index (κ3) is 3.97. The maximum absolute atomic E-state index is 10.8. The van der Waals surface area contributed by atoms with E-state index in [1.807, 2.05) is 4.90 Å². The Labute approximate surface area is 98.1 Å². The van der Waals surface area contributed by atoms with Gasteiger partial charge in [0.25, 0.3) is 0 Å². The fourth-order valence-corrected chi connectivity index (χ4v) is 2.88. The predicted octanol–water partition coefficient (Wildman–Crippen LogP) is 2.38. The Kier molecular flexibility index (Phi) is 5.00. The summed E-state index contributed by atoms with van der Waals surface area (Å²) in [6.07, 6.45) is 5.30. The molecule has 1 saturated carbocycles. The first-order chi connectivity index (χ1) is 7.52. The molecule has 0 saturated heterocycles. The third-order valence-corrected chi connectivity index (χ3v) is 3.37. The van der Waals surface area contributed by atoms with E-state index in [4.69, 9.17) is 5.11 Å². The summed E-state index contributed by atoms with van der Waals surface area (Å²) >= 11 is 0. The van der Waals surface area contributed by atoms with Crippen LogP contribution in [0.2, 0.25) is 0 Å². The zero-order valence-electron chi connectivity index (χ0n) is 10.4. The van der Waals surface area contributed by atoms with Crippen molar-refractivity contribution < 1.29 is 9.90 Å². The number of hydrogen-bond acceptors (Lipinski definition) is 2. The molecular weight excluding hydrogens is 202 g/mol. The van der Waals surface area contributed by atoms with Crippen molar-refractivity contribution in [3.8, 4) is 0 Å². The zero-order chi connectivity index (χ0) is 12.1. The number of carboxylic acid groups (broad SMARTS) is 1. The van der Waals surface area contributed by atoms with Crippen LogP contribution in [-0.4, -0.2) is 35.1 Å². The average Bonchev–Trinajstić information content (AvgIpc) is 2.14. The van der Waals surface area contributed by atoms with E-state index >= 15 is 0 Å². The van der Waals surface area contributed by atoms with Crippen LogP contribution in [0.5, 0.6) is 0 Å². The van der Waals surface area contributed by atoms with Crippen molar-refractivity contribution in [3.05, 3.63) is 12.7 Å². The average molecular weight is 225 g/mol. The summed E-state index contributed by atoms with van der Waals surface area (Å²) in [7, 11) is 0. The molecule has 0 amide bonds. The Bertz CT molecular complexity index is 242. The second kappa shape index (κ2) is 6.04. The highest BCUT2D eigenvalue weighted by molar-refractivity contribution is 5.69. The van der Waals surface area contributed by atoms with E-state index in [0.717, 1.165) is 12.8 Å². The van der Waals surface area contributed by atoms with Crippen LogP contribution in [-0.2, 0) is 4.79 Å². The van der Waals surface area contributed by atoms with Gasteiger partial charge in [-0.3, -0.25) is 9.69 Å². The lowest BCUT2D eigenvalue weighted by Gasteiger charge is -2.38. The van der Waals surface area contributed by atoms with Crippen LogP contribution in [0.15, 0.2) is 12.7 Å². The number of nitrogens with zero attached hydrogens (tertiary/aromatic N) is 1. The lowest BCUT2D eigenvalue weighted by atomic mass is 9.80. The summed E-state index contributed by atoms with van der Waals surface area (Å²) in [5, 5.41) is 8.90. The molecule has 0 aromatic carbocycles. The minimum atomic E-state index is -0.743. The number of aliphatic carboxylic acids is 1. The molecule has 0 radical (unpaired) electrons. The molecule has 1 fully saturated rings. The van der Waals surface area contributed by atoms with Gasteiger partial charge < -0.3 is 5.11 Å². The van der Waals surface area contributed by atoms with Crippen molar-refractivity contribution in [1.82, 2.24) is 4.90 Å². The summed E-state index contributed by atoms with van der Waals surface area (Å²) in [5.41, 5.74) is 0. The second-order valence-electron chi connectivity index (χ2n) is 5.18. The lowest BCUT2D eigenvalue weighted by molar-refractivity contribution is -0.139. The molecule has 2 atom stereocenters. The van der Waals surface area contributed by atoms with Gasteiger partial charge in [0.2, 0.25) is 0 Å². The molecule has 1 aliphatic rings. The Balaban J connectivity index is 2.61. The van der Waals surface area contributed by atoms with Crippen LogP contribution < -0.4 is 0 Å². The van der Waals surface area contributed by atoms with Crippen molar-refractivity contribution in [2.45, 2.75) is 39.2 Å². The van der Waals surface area contributed by atoms with Gasteiger partial charge >= 0.3 is 5.97 Å². The second-order valence-corrected chi connectivity index (χ2v) is 5.18. The van der Waals surface area contributed by atoms with Gasteiger partial charge in [-0.25, -0.2) is 0 Å². The van der Waals surface area contributed by atoms with Gasteiger partial charge in [-0.05, 0) is 31.1 Å². The van der Waals surface area contributed by atoms with Gasteiger partial charge in [-0.2, -0.15) is 0 Å². The first-order valence-electron chi connectivity index (χ1n) is 6.09. The quantitative estimate of drug-likeness (QED) is 0.730. The summed E-state index contributed by atoms with van der Waals surface area (Å²) < 4.78 is 0. The van der Waals surface area contributed by atoms with E-state index < -0.39 is 5.97 Å². The van der Waals surface area contributed by atoms with E-state index in [2.05, 4.69) is 20.4 Å². The van der Waals surface area contributed by atoms with Crippen molar-refractivity contribution in [2.75, 3.05) is 13.1 Å². The van der Waals surface area contributed by atoms with Crippen molar-refractivity contribution >= 4 is 5.97 Å². The van der Waals surface area contributed by atoms with Crippen LogP contribution in [0.4, 0.5) is 0 Å². The van der Waals surface area contributed by atoms with Crippen LogP contribution in [0.3, 0.4) is 0 Å². The summed E-state index contributed by atoms with van der Waals surface area (Å²) in [6.45, 7) is 9.04. The van der Waals surface area contributed by atoms with E-state index in [9.17, 15) is 4.79 Å². The molecule has 3 nitrogen and oxygen atoms in total. The Morgan fingerprint density at radius 1 is 1.38 bits per heavy atom. The van der Waals surface area contributed by atoms with Gasteiger partial charge in [0.05, 0.1) is 6.54 Å². The Morgan fingerprint density at radius 2 is 1.94 bits per heavy atom. The lowest BCUT2D eigenvalue weighted by Crippen LogP contribution is -2.43. The molecule has 0 bridgehead atoms. The van der Waals surface area contributed by atoms with E-state index in [0.29, 0.717) is 24.4 Å². The van der Waals surface area contributed by atoms with E-state index in [1.54, 1.807) is 6.08 Å². The van der Waals surface area contributed by atoms with E-state index in [-0.39, 0.29) is 6.54 Å². The maximum Gasteiger partial charge on any atom is 0.317 e. The van der Waals surface area contributed by atoms with Crippen molar-refractivity contribution in [2.24, 2.45) is 11.8 Å². The predicted molar refractivity (Wildman–Crippen MR) is 65.4 cm³/mol. The molecule has 2 unspecified atom stereocenters. The first kappa shape index (κ1) is 13.2. The Morgan fingerprint density at radius 3 is 2.38 bits per heavy atom. The van der Waals surface area contributed by atoms with Crippen LogP contribution in [0.1, 0.15) is 33.1 Å². The Hall–Kier alpha value is -0.830. The molecule has 0 spiro atoms. The number of rotatable bonds is 5. The normalized spacial score (nSPS) is 30.3. The summed E-state index contributed by atoms with van der Waals surface area (Å²) in [4.78, 5) is 12.9. The van der Waals surface area contributed by atoms with Gasteiger partial charge in [-0.15, -0.1) is 6.58 Å². The monoisotopic (exact) mass is 225 g/mol. The highest BCUT2D eigenvalue weighted by Gasteiger charge is 2.28. The molecule has 92 valence electrons. The summed E-state index contributed by atoms with van der Waals surface area (Å²) in [6, 6.07) is 0.410. The SMILES string of the molecule is C=CCN(CC(=O)O)C1CC(C)CC(C)C1. The molecule has 0 aliphatic heterocycles. The topological polar surface area (TPSA) is 40.5 Å². The molecule has 1 aliphatic carbocycles. The minimum absolute atomic E-state index is 0.135. The zero-order valence-corrected chi connectivity index (χ0v) is 10.4. The molecular formula is C13H23NO2. The fourth-order valence-electron chi connectivity index (χ4n) is 2.88. The highest BCUT2D eigenvalue weighted by atomic mass is 16.4. The maximum atomic E-state index is 10.8. The van der Waals surface area contributed by atoms with Gasteiger partial charge in [0, 0.05) is 12.6 Å². The molecule has 0 heterocycles. The largest absolute Gasteiger partial charge is 0.480 e. The molecule has 3 heteroatoms. The van der Waals surface area contributed by atoms with Gasteiger partial charge in [0.15, 0.2) is 0 Å². The molecule has 1 rings (SSSR count). The van der Waals surface area contributed by atoms with Crippen LogP contribution >= 0.6 is 0 Å². The number of hydrogen-bond donors (Lipinski definition) is 1. The molecule has 0 aromatic rings. The van der Waals surface area contributed by atoms with Gasteiger partial charge in [0.1, 0.15) is 0 Å². The minimum Gasteiger partial charge on any atom is -0.480 e. The van der Waals surface area contributed by atoms with Crippen molar-refractivity contribution in [3.63, 3.8) is 0 Å². The smallest absolute Gasteiger partial charge is 0.317 e. The standard InChI is InChI=1S/C13H23NO2/c1-4-5-14(9-13(15)16)12-7-10(2)6-11(3)8-12/h4,10-12H,1,5-9H2,2-3H3,(H,15,16). The van der Waals surface area contributed by atoms with E-state index in [1.165, 1.54) is 6.42 Å². The summed E-state index contributed by atoms with van der Waals surface area (Å²) in [5.74, 6) is 0.664. The first-order valence-corrected chi connectivity index (χ1v) is 6.09. The van der Waals surface area contributed by atoms with Gasteiger partial charge in [-0.1, -0.05) is 19.9 Å². The number of carboxylic acids is 1.